The molecule has 15 heavy (non-hydrogen) atoms. The molecule has 0 bridgehead atoms. The molecule has 0 aromatic heterocycles. The monoisotopic (exact) mass is 244 g/mol. The smallest absolute Gasteiger partial charge is 0.0595 e. The zero-order chi connectivity index (χ0) is 10.9. The lowest BCUT2D eigenvalue weighted by Gasteiger charge is -2.27. The molecule has 0 unspecified atom stereocenters. The number of aliphatic hydroxyl groups is 1. The molecule has 0 saturated heterocycles. The van der Waals surface area contributed by atoms with Crippen molar-refractivity contribution in [2.45, 2.75) is 31.1 Å². The summed E-state index contributed by atoms with van der Waals surface area (Å²) in [6, 6.07) is 5.69. The van der Waals surface area contributed by atoms with Gasteiger partial charge in [-0.2, -0.15) is 0 Å². The molecule has 82 valence electrons. The normalized spacial score (nSPS) is 19.4. The van der Waals surface area contributed by atoms with Crippen LogP contribution in [0.25, 0.3) is 0 Å². The Bertz CT molecular complexity index is 357. The van der Waals surface area contributed by atoms with Crippen LogP contribution in [0.15, 0.2) is 18.2 Å². The van der Waals surface area contributed by atoms with Crippen LogP contribution in [0.3, 0.4) is 0 Å². The molecule has 1 aromatic carbocycles. The first-order valence-electron chi connectivity index (χ1n) is 5.24. The maximum Gasteiger partial charge on any atom is 0.0595 e. The van der Waals surface area contributed by atoms with Gasteiger partial charge in [0.25, 0.3) is 0 Å². The Morgan fingerprint density at radius 3 is 2.33 bits per heavy atom. The molecule has 1 N–H and O–H groups in total. The van der Waals surface area contributed by atoms with Crippen LogP contribution in [0, 0.1) is 0 Å². The zero-order valence-corrected chi connectivity index (χ0v) is 9.98. The second kappa shape index (κ2) is 4.32. The Balaban J connectivity index is 2.38. The summed E-state index contributed by atoms with van der Waals surface area (Å²) in [5, 5.41) is 10.7. The number of halogens is 2. The second-order valence-electron chi connectivity index (χ2n) is 4.27. The Hall–Kier alpha value is -0.240. The number of rotatable bonds is 2. The molecule has 3 heteroatoms. The molecule has 2 rings (SSSR count). The summed E-state index contributed by atoms with van der Waals surface area (Å²) in [5.74, 6) is 0. The Morgan fingerprint density at radius 1 is 1.13 bits per heavy atom. The first kappa shape index (κ1) is 11.3. The highest BCUT2D eigenvalue weighted by atomic mass is 35.5. The fraction of sp³-hybridized carbons (Fsp3) is 0.500. The van der Waals surface area contributed by atoms with E-state index in [4.69, 9.17) is 23.2 Å². The zero-order valence-electron chi connectivity index (χ0n) is 8.47. The van der Waals surface area contributed by atoms with Crippen molar-refractivity contribution in [1.82, 2.24) is 0 Å². The third-order valence-corrected chi connectivity index (χ3v) is 4.13. The molecule has 1 aliphatic rings. The number of hydrogen-bond acceptors (Lipinski definition) is 1. The third kappa shape index (κ3) is 2.01. The van der Waals surface area contributed by atoms with Gasteiger partial charge in [-0.15, -0.1) is 0 Å². The molecular formula is C12H14Cl2O. The van der Waals surface area contributed by atoms with Gasteiger partial charge in [-0.25, -0.2) is 0 Å². The highest BCUT2D eigenvalue weighted by Gasteiger charge is 2.35. The summed E-state index contributed by atoms with van der Waals surface area (Å²) in [5.41, 5.74) is 1.05. The maximum absolute atomic E-state index is 9.55. The lowest BCUT2D eigenvalue weighted by molar-refractivity contribution is 0.196. The summed E-state index contributed by atoms with van der Waals surface area (Å²) in [7, 11) is 0. The van der Waals surface area contributed by atoms with Crippen molar-refractivity contribution in [1.29, 1.82) is 0 Å². The summed E-state index contributed by atoms with van der Waals surface area (Å²) >= 11 is 11.9. The van der Waals surface area contributed by atoms with Crippen LogP contribution in [-0.2, 0) is 5.41 Å². The molecule has 0 heterocycles. The molecular weight excluding hydrogens is 231 g/mol. The van der Waals surface area contributed by atoms with E-state index in [-0.39, 0.29) is 12.0 Å². The maximum atomic E-state index is 9.55. The standard InChI is InChI=1S/C12H14Cl2O/c13-10-4-3-9(7-11(10)14)12(8-15)5-1-2-6-12/h3-4,7,15H,1-2,5-6,8H2. The average Bonchev–Trinajstić information content (AvgIpc) is 2.72. The van der Waals surface area contributed by atoms with Crippen molar-refractivity contribution in [3.8, 4) is 0 Å². The van der Waals surface area contributed by atoms with Crippen LogP contribution < -0.4 is 0 Å². The lowest BCUT2D eigenvalue weighted by Crippen LogP contribution is -2.26. The molecule has 1 fully saturated rings. The van der Waals surface area contributed by atoms with Gasteiger partial charge in [0.2, 0.25) is 0 Å². The molecule has 1 aromatic rings. The summed E-state index contributed by atoms with van der Waals surface area (Å²) in [6.45, 7) is 0.199. The minimum absolute atomic E-state index is 0.0752. The van der Waals surface area contributed by atoms with E-state index < -0.39 is 0 Å². The van der Waals surface area contributed by atoms with Crippen LogP contribution >= 0.6 is 23.2 Å². The Kier molecular flexibility index (Phi) is 3.24. The van der Waals surface area contributed by atoms with Crippen molar-refractivity contribution in [3.63, 3.8) is 0 Å². The molecule has 1 aliphatic carbocycles. The SMILES string of the molecule is OCC1(c2ccc(Cl)c(Cl)c2)CCCC1. The average molecular weight is 245 g/mol. The number of benzene rings is 1. The van der Waals surface area contributed by atoms with Gasteiger partial charge in [0.05, 0.1) is 16.7 Å². The van der Waals surface area contributed by atoms with Crippen LogP contribution in [0.4, 0.5) is 0 Å². The van der Waals surface area contributed by atoms with Crippen LogP contribution in [-0.4, -0.2) is 11.7 Å². The number of hydrogen-bond donors (Lipinski definition) is 1. The molecule has 1 saturated carbocycles. The minimum atomic E-state index is -0.0752. The highest BCUT2D eigenvalue weighted by Crippen LogP contribution is 2.42. The van der Waals surface area contributed by atoms with Crippen molar-refractivity contribution in [2.75, 3.05) is 6.61 Å². The molecule has 0 aliphatic heterocycles. The predicted molar refractivity (Wildman–Crippen MR) is 63.7 cm³/mol. The first-order valence-corrected chi connectivity index (χ1v) is 6.00. The summed E-state index contributed by atoms with van der Waals surface area (Å²) in [4.78, 5) is 0. The predicted octanol–water partition coefficient (Wildman–Crippen LogP) is 3.80. The lowest BCUT2D eigenvalue weighted by atomic mass is 9.80. The van der Waals surface area contributed by atoms with E-state index in [1.165, 1.54) is 12.8 Å². The van der Waals surface area contributed by atoms with E-state index in [1.807, 2.05) is 18.2 Å². The van der Waals surface area contributed by atoms with Gasteiger partial charge in [-0.3, -0.25) is 0 Å². The van der Waals surface area contributed by atoms with Gasteiger partial charge in [-0.1, -0.05) is 42.1 Å². The highest BCUT2D eigenvalue weighted by molar-refractivity contribution is 6.42. The van der Waals surface area contributed by atoms with E-state index in [0.717, 1.165) is 18.4 Å². The van der Waals surface area contributed by atoms with Crippen molar-refractivity contribution in [3.05, 3.63) is 33.8 Å². The summed E-state index contributed by atoms with van der Waals surface area (Å²) < 4.78 is 0. The van der Waals surface area contributed by atoms with Gasteiger partial charge >= 0.3 is 0 Å². The number of aliphatic hydroxyl groups excluding tert-OH is 1. The topological polar surface area (TPSA) is 20.2 Å². The third-order valence-electron chi connectivity index (χ3n) is 3.40. The van der Waals surface area contributed by atoms with Gasteiger partial charge < -0.3 is 5.11 Å². The summed E-state index contributed by atoms with van der Waals surface area (Å²) in [6.07, 6.45) is 4.45. The van der Waals surface area contributed by atoms with Crippen molar-refractivity contribution < 1.29 is 5.11 Å². The van der Waals surface area contributed by atoms with E-state index in [0.29, 0.717) is 10.0 Å². The Morgan fingerprint density at radius 2 is 1.80 bits per heavy atom. The van der Waals surface area contributed by atoms with Crippen LogP contribution in [0.5, 0.6) is 0 Å². The van der Waals surface area contributed by atoms with Gasteiger partial charge in [0.1, 0.15) is 0 Å². The molecule has 0 amide bonds. The van der Waals surface area contributed by atoms with Gasteiger partial charge in [0.15, 0.2) is 0 Å². The van der Waals surface area contributed by atoms with E-state index in [2.05, 4.69) is 0 Å². The van der Waals surface area contributed by atoms with Gasteiger partial charge in [-0.05, 0) is 30.5 Å². The molecule has 0 radical (unpaired) electrons. The van der Waals surface area contributed by atoms with E-state index in [9.17, 15) is 5.11 Å². The van der Waals surface area contributed by atoms with Crippen LogP contribution in [0.2, 0.25) is 10.0 Å². The van der Waals surface area contributed by atoms with E-state index >= 15 is 0 Å². The molecule has 0 spiro atoms. The fourth-order valence-electron chi connectivity index (χ4n) is 2.42. The second-order valence-corrected chi connectivity index (χ2v) is 5.09. The molecule has 0 atom stereocenters. The van der Waals surface area contributed by atoms with Crippen molar-refractivity contribution in [2.24, 2.45) is 0 Å². The first-order chi connectivity index (χ1) is 7.18. The fourth-order valence-corrected chi connectivity index (χ4v) is 2.71. The molecule has 1 nitrogen and oxygen atoms in total. The largest absolute Gasteiger partial charge is 0.395 e. The van der Waals surface area contributed by atoms with E-state index in [1.54, 1.807) is 0 Å². The van der Waals surface area contributed by atoms with Crippen LogP contribution in [0.1, 0.15) is 31.2 Å². The Labute approximate surface area is 100 Å². The quantitative estimate of drug-likeness (QED) is 0.840. The van der Waals surface area contributed by atoms with Gasteiger partial charge in [0, 0.05) is 5.41 Å². The van der Waals surface area contributed by atoms with Crippen molar-refractivity contribution >= 4 is 23.2 Å². The minimum Gasteiger partial charge on any atom is -0.395 e.